The number of benzene rings is 1. The highest BCUT2D eigenvalue weighted by Crippen LogP contribution is 2.13. The van der Waals surface area contributed by atoms with Crippen LogP contribution in [0, 0.1) is 0 Å². The number of rotatable bonds is 6. The number of hydrogen-bond acceptors (Lipinski definition) is 3. The molecule has 1 rings (SSSR count). The Morgan fingerprint density at radius 2 is 2.28 bits per heavy atom. The van der Waals surface area contributed by atoms with Crippen LogP contribution in [-0.2, 0) is 16.1 Å². The van der Waals surface area contributed by atoms with Gasteiger partial charge in [-0.15, -0.1) is 0 Å². The molecule has 0 heterocycles. The first-order valence-electron chi connectivity index (χ1n) is 5.88. The van der Waals surface area contributed by atoms with Crippen LogP contribution >= 0.6 is 11.6 Å². The van der Waals surface area contributed by atoms with Crippen molar-refractivity contribution in [2.75, 3.05) is 20.2 Å². The molecule has 5 heteroatoms. The van der Waals surface area contributed by atoms with E-state index >= 15 is 0 Å². The Bertz CT molecular complexity index is 394. The second kappa shape index (κ2) is 7.36. The highest BCUT2D eigenvalue weighted by atomic mass is 35.5. The van der Waals surface area contributed by atoms with Crippen molar-refractivity contribution >= 4 is 17.5 Å². The largest absolute Gasteiger partial charge is 0.370 e. The average molecular weight is 271 g/mol. The predicted molar refractivity (Wildman–Crippen MR) is 72.4 cm³/mol. The molecule has 1 amide bonds. The van der Waals surface area contributed by atoms with Crippen LogP contribution in [-0.4, -0.2) is 37.1 Å². The van der Waals surface area contributed by atoms with Gasteiger partial charge in [-0.2, -0.15) is 0 Å². The molecule has 1 unspecified atom stereocenters. The number of amides is 1. The van der Waals surface area contributed by atoms with Gasteiger partial charge in [0.2, 0.25) is 0 Å². The van der Waals surface area contributed by atoms with Crippen LogP contribution in [0.4, 0.5) is 0 Å². The van der Waals surface area contributed by atoms with Gasteiger partial charge in [-0.25, -0.2) is 0 Å². The van der Waals surface area contributed by atoms with Crippen molar-refractivity contribution in [3.05, 3.63) is 34.9 Å². The molecule has 18 heavy (non-hydrogen) atoms. The third-order valence-corrected chi connectivity index (χ3v) is 2.96. The molecule has 1 aromatic carbocycles. The van der Waals surface area contributed by atoms with Gasteiger partial charge in [0, 0.05) is 31.8 Å². The van der Waals surface area contributed by atoms with Crippen molar-refractivity contribution in [1.29, 1.82) is 0 Å². The zero-order chi connectivity index (χ0) is 13.5. The Kier molecular flexibility index (Phi) is 6.12. The monoisotopic (exact) mass is 270 g/mol. The van der Waals surface area contributed by atoms with Gasteiger partial charge in [0.1, 0.15) is 6.10 Å². The lowest BCUT2D eigenvalue weighted by molar-refractivity contribution is -0.141. The standard InChI is InChI=1S/C13H19ClN2O2/c1-3-16(13(17)12(8-15)18-2)9-10-5-4-6-11(14)7-10/h4-7,12H,3,8-9,15H2,1-2H3. The number of carbonyl (C=O) groups excluding carboxylic acids is 1. The van der Waals surface area contributed by atoms with Gasteiger partial charge >= 0.3 is 0 Å². The first-order valence-corrected chi connectivity index (χ1v) is 6.26. The van der Waals surface area contributed by atoms with Gasteiger partial charge in [0.15, 0.2) is 0 Å². The first kappa shape index (κ1) is 15.0. The molecule has 2 N–H and O–H groups in total. The lowest BCUT2D eigenvalue weighted by atomic mass is 10.2. The van der Waals surface area contributed by atoms with E-state index < -0.39 is 6.10 Å². The highest BCUT2D eigenvalue weighted by Gasteiger charge is 2.21. The van der Waals surface area contributed by atoms with Crippen molar-refractivity contribution in [1.82, 2.24) is 4.90 Å². The molecule has 0 aliphatic heterocycles. The number of likely N-dealkylation sites (N-methyl/N-ethyl adjacent to an activating group) is 1. The molecular weight excluding hydrogens is 252 g/mol. The molecule has 0 saturated carbocycles. The molecule has 0 aliphatic rings. The quantitative estimate of drug-likeness (QED) is 0.855. The van der Waals surface area contributed by atoms with E-state index in [1.54, 1.807) is 11.0 Å². The molecule has 1 atom stereocenters. The van der Waals surface area contributed by atoms with Crippen molar-refractivity contribution in [2.45, 2.75) is 19.6 Å². The van der Waals surface area contributed by atoms with Crippen LogP contribution in [0.5, 0.6) is 0 Å². The molecule has 0 aromatic heterocycles. The van der Waals surface area contributed by atoms with Gasteiger partial charge < -0.3 is 15.4 Å². The van der Waals surface area contributed by atoms with E-state index in [4.69, 9.17) is 22.1 Å². The van der Waals surface area contributed by atoms with E-state index in [-0.39, 0.29) is 12.5 Å². The Labute approximate surface area is 113 Å². The third kappa shape index (κ3) is 3.98. The number of ether oxygens (including phenoxy) is 1. The van der Waals surface area contributed by atoms with Gasteiger partial charge in [-0.1, -0.05) is 23.7 Å². The first-order chi connectivity index (χ1) is 8.62. The molecule has 4 nitrogen and oxygen atoms in total. The summed E-state index contributed by atoms with van der Waals surface area (Å²) in [4.78, 5) is 13.8. The normalized spacial score (nSPS) is 12.2. The van der Waals surface area contributed by atoms with E-state index in [1.165, 1.54) is 7.11 Å². The fraction of sp³-hybridized carbons (Fsp3) is 0.462. The number of nitrogens with two attached hydrogens (primary N) is 1. The van der Waals surface area contributed by atoms with Crippen molar-refractivity contribution in [3.63, 3.8) is 0 Å². The van der Waals surface area contributed by atoms with Crippen LogP contribution in [0.15, 0.2) is 24.3 Å². The molecule has 0 radical (unpaired) electrons. The van der Waals surface area contributed by atoms with Crippen LogP contribution in [0.3, 0.4) is 0 Å². The van der Waals surface area contributed by atoms with E-state index in [2.05, 4.69) is 0 Å². The van der Waals surface area contributed by atoms with Gasteiger partial charge in [0.25, 0.3) is 5.91 Å². The van der Waals surface area contributed by atoms with E-state index in [0.717, 1.165) is 5.56 Å². The minimum Gasteiger partial charge on any atom is -0.370 e. The summed E-state index contributed by atoms with van der Waals surface area (Å²) in [7, 11) is 1.49. The summed E-state index contributed by atoms with van der Waals surface area (Å²) in [5.41, 5.74) is 6.49. The minimum absolute atomic E-state index is 0.0949. The summed E-state index contributed by atoms with van der Waals surface area (Å²) in [6.45, 7) is 3.22. The zero-order valence-corrected chi connectivity index (χ0v) is 11.5. The van der Waals surface area contributed by atoms with Crippen molar-refractivity contribution in [3.8, 4) is 0 Å². The molecule has 1 aromatic rings. The Morgan fingerprint density at radius 1 is 1.56 bits per heavy atom. The van der Waals surface area contributed by atoms with E-state index in [1.807, 2.05) is 25.1 Å². The number of hydrogen-bond donors (Lipinski definition) is 1. The number of methoxy groups -OCH3 is 1. The fourth-order valence-electron chi connectivity index (χ4n) is 1.70. The maximum atomic E-state index is 12.1. The second-order valence-electron chi connectivity index (χ2n) is 3.94. The molecule has 0 aliphatic carbocycles. The Hall–Kier alpha value is -1.10. The SMILES string of the molecule is CCN(Cc1cccc(Cl)c1)C(=O)C(CN)OC. The van der Waals surface area contributed by atoms with Crippen LogP contribution in [0.2, 0.25) is 5.02 Å². The van der Waals surface area contributed by atoms with E-state index in [9.17, 15) is 4.79 Å². The number of halogens is 1. The minimum atomic E-state index is -0.580. The number of nitrogens with zero attached hydrogens (tertiary/aromatic N) is 1. The summed E-state index contributed by atoms with van der Waals surface area (Å²) in [5, 5.41) is 0.665. The van der Waals surface area contributed by atoms with Gasteiger partial charge in [-0.3, -0.25) is 4.79 Å². The molecular formula is C13H19ClN2O2. The fourth-order valence-corrected chi connectivity index (χ4v) is 1.92. The lowest BCUT2D eigenvalue weighted by Gasteiger charge is -2.25. The molecule has 100 valence electrons. The van der Waals surface area contributed by atoms with E-state index in [0.29, 0.717) is 18.1 Å². The summed E-state index contributed by atoms with van der Waals surface area (Å²) in [5.74, 6) is -0.0949. The third-order valence-electron chi connectivity index (χ3n) is 2.73. The summed E-state index contributed by atoms with van der Waals surface area (Å²) < 4.78 is 5.06. The topological polar surface area (TPSA) is 55.6 Å². The Balaban J connectivity index is 2.75. The average Bonchev–Trinajstić information content (AvgIpc) is 2.37. The summed E-state index contributed by atoms with van der Waals surface area (Å²) in [6, 6.07) is 7.46. The van der Waals surface area contributed by atoms with Crippen LogP contribution in [0.25, 0.3) is 0 Å². The molecule has 0 bridgehead atoms. The smallest absolute Gasteiger partial charge is 0.253 e. The van der Waals surface area contributed by atoms with Gasteiger partial charge in [0.05, 0.1) is 0 Å². The van der Waals surface area contributed by atoms with Crippen LogP contribution in [0.1, 0.15) is 12.5 Å². The van der Waals surface area contributed by atoms with Crippen LogP contribution < -0.4 is 5.73 Å². The summed E-state index contributed by atoms with van der Waals surface area (Å²) in [6.07, 6.45) is -0.580. The Morgan fingerprint density at radius 3 is 2.78 bits per heavy atom. The highest BCUT2D eigenvalue weighted by molar-refractivity contribution is 6.30. The maximum absolute atomic E-state index is 12.1. The molecule has 0 spiro atoms. The van der Waals surface area contributed by atoms with Gasteiger partial charge in [-0.05, 0) is 24.6 Å². The second-order valence-corrected chi connectivity index (χ2v) is 4.38. The molecule has 0 fully saturated rings. The lowest BCUT2D eigenvalue weighted by Crippen LogP contribution is -2.43. The van der Waals surface area contributed by atoms with Crippen molar-refractivity contribution < 1.29 is 9.53 Å². The zero-order valence-electron chi connectivity index (χ0n) is 10.7. The van der Waals surface area contributed by atoms with Crippen molar-refractivity contribution in [2.24, 2.45) is 5.73 Å². The molecule has 0 saturated heterocycles. The maximum Gasteiger partial charge on any atom is 0.253 e. The predicted octanol–water partition coefficient (Wildman–Crippen LogP) is 1.66. The number of carbonyl (C=O) groups is 1. The summed E-state index contributed by atoms with van der Waals surface area (Å²) >= 11 is 5.92.